The smallest absolute Gasteiger partial charge is 0.216 e. The van der Waals surface area contributed by atoms with Crippen LogP contribution in [0.1, 0.15) is 19.6 Å². The maximum absolute atomic E-state index is 5.46. The van der Waals surface area contributed by atoms with Gasteiger partial charge in [0.15, 0.2) is 5.82 Å². The third-order valence-corrected chi connectivity index (χ3v) is 3.71. The van der Waals surface area contributed by atoms with Crippen molar-refractivity contribution in [2.45, 2.75) is 13.8 Å². The van der Waals surface area contributed by atoms with Crippen LogP contribution >= 0.6 is 12.2 Å². The van der Waals surface area contributed by atoms with Crippen molar-refractivity contribution >= 4 is 24.5 Å². The van der Waals surface area contributed by atoms with Gasteiger partial charge < -0.3 is 9.15 Å². The Morgan fingerprint density at radius 3 is 2.88 bits per heavy atom. The van der Waals surface area contributed by atoms with E-state index in [4.69, 9.17) is 21.4 Å². The largest absolute Gasteiger partial charge is 0.494 e. The maximum atomic E-state index is 5.46. The molecule has 0 radical (unpaired) electrons. The van der Waals surface area contributed by atoms with Gasteiger partial charge in [0.05, 0.1) is 19.1 Å². The number of hydrazone groups is 1. The molecule has 0 saturated heterocycles. The third-order valence-electron chi connectivity index (χ3n) is 3.43. The number of rotatable bonds is 7. The van der Waals surface area contributed by atoms with Crippen molar-refractivity contribution in [3.05, 3.63) is 58.8 Å². The Kier molecular flexibility index (Phi) is 5.65. The highest BCUT2D eigenvalue weighted by Gasteiger charge is 2.08. The summed E-state index contributed by atoms with van der Waals surface area (Å²) in [5.74, 6) is 2.20. The minimum Gasteiger partial charge on any atom is -0.494 e. The van der Waals surface area contributed by atoms with Gasteiger partial charge in [-0.2, -0.15) is 14.9 Å². The van der Waals surface area contributed by atoms with Gasteiger partial charge in [0.1, 0.15) is 11.5 Å². The summed E-state index contributed by atoms with van der Waals surface area (Å²) < 4.78 is 12.7. The van der Waals surface area contributed by atoms with Crippen molar-refractivity contribution in [1.29, 1.82) is 0 Å². The first-order chi connectivity index (χ1) is 12.7. The molecule has 2 N–H and O–H groups in total. The molecule has 0 atom stereocenters. The SMILES string of the molecule is CCOc1ccc(-c2n[nH]c(=S)n2N/N=C\C(C)=C\c2ccco2)cc1. The number of ether oxygens (including phenoxy) is 1. The van der Waals surface area contributed by atoms with Gasteiger partial charge >= 0.3 is 0 Å². The number of nitrogens with one attached hydrogen (secondary N) is 2. The molecule has 0 unspecified atom stereocenters. The number of hydrogen-bond acceptors (Lipinski definition) is 6. The fourth-order valence-corrected chi connectivity index (χ4v) is 2.45. The minimum atomic E-state index is 0.415. The molecule has 0 saturated carbocycles. The summed E-state index contributed by atoms with van der Waals surface area (Å²) in [5, 5.41) is 11.2. The van der Waals surface area contributed by atoms with Crippen LogP contribution in [0.15, 0.2) is 57.8 Å². The average Bonchev–Trinajstić information content (AvgIpc) is 3.26. The van der Waals surface area contributed by atoms with Crippen molar-refractivity contribution in [1.82, 2.24) is 14.9 Å². The number of H-pyrrole nitrogens is 1. The van der Waals surface area contributed by atoms with Crippen molar-refractivity contribution in [2.75, 3.05) is 12.1 Å². The molecule has 134 valence electrons. The number of allylic oxidation sites excluding steroid dienone is 1. The Labute approximate surface area is 156 Å². The summed E-state index contributed by atoms with van der Waals surface area (Å²) in [7, 11) is 0. The molecule has 0 amide bonds. The van der Waals surface area contributed by atoms with Gasteiger partial charge in [0.25, 0.3) is 0 Å². The Morgan fingerprint density at radius 1 is 1.38 bits per heavy atom. The first-order valence-corrected chi connectivity index (χ1v) is 8.49. The van der Waals surface area contributed by atoms with E-state index in [1.54, 1.807) is 17.2 Å². The molecule has 26 heavy (non-hydrogen) atoms. The van der Waals surface area contributed by atoms with Crippen LogP contribution in [0.3, 0.4) is 0 Å². The predicted octanol–water partition coefficient (Wildman–Crippen LogP) is 4.23. The van der Waals surface area contributed by atoms with E-state index in [0.29, 0.717) is 17.2 Å². The van der Waals surface area contributed by atoms with Crippen LogP contribution in [0, 0.1) is 4.77 Å². The number of nitrogens with zero attached hydrogens (tertiary/aromatic N) is 3. The lowest BCUT2D eigenvalue weighted by molar-refractivity contribution is 0.340. The number of hydrogen-bond donors (Lipinski definition) is 2. The molecule has 2 heterocycles. The van der Waals surface area contributed by atoms with Gasteiger partial charge in [-0.15, -0.1) is 0 Å². The first-order valence-electron chi connectivity index (χ1n) is 8.09. The van der Waals surface area contributed by atoms with E-state index in [0.717, 1.165) is 22.6 Å². The lowest BCUT2D eigenvalue weighted by Gasteiger charge is -2.07. The molecule has 7 nitrogen and oxygen atoms in total. The van der Waals surface area contributed by atoms with Gasteiger partial charge in [-0.1, -0.05) is 0 Å². The molecule has 0 fully saturated rings. The summed E-state index contributed by atoms with van der Waals surface area (Å²) >= 11 is 5.27. The van der Waals surface area contributed by atoms with E-state index in [-0.39, 0.29) is 0 Å². The van der Waals surface area contributed by atoms with Crippen LogP contribution in [0.2, 0.25) is 0 Å². The Bertz CT molecular complexity index is 952. The minimum absolute atomic E-state index is 0.415. The molecule has 8 heteroatoms. The molecule has 3 aromatic rings. The topological polar surface area (TPSA) is 80.4 Å². The summed E-state index contributed by atoms with van der Waals surface area (Å²) in [4.78, 5) is 0. The Hall–Kier alpha value is -3.13. The third kappa shape index (κ3) is 4.28. The van der Waals surface area contributed by atoms with Gasteiger partial charge in [-0.25, -0.2) is 10.6 Å². The zero-order valence-corrected chi connectivity index (χ0v) is 15.3. The molecule has 0 aliphatic heterocycles. The summed E-state index contributed by atoms with van der Waals surface area (Å²) in [6.07, 6.45) is 5.19. The van der Waals surface area contributed by atoms with E-state index in [9.17, 15) is 0 Å². The van der Waals surface area contributed by atoms with Crippen LogP contribution in [-0.2, 0) is 0 Å². The van der Waals surface area contributed by atoms with Crippen molar-refractivity contribution in [3.8, 4) is 17.1 Å². The maximum Gasteiger partial charge on any atom is 0.216 e. The van der Waals surface area contributed by atoms with Crippen LogP contribution in [0.25, 0.3) is 17.5 Å². The zero-order chi connectivity index (χ0) is 18.4. The molecular weight excluding hydrogens is 350 g/mol. The number of aromatic nitrogens is 3. The number of furan rings is 1. The molecule has 3 rings (SSSR count). The quantitative estimate of drug-likeness (QED) is 0.370. The highest BCUT2D eigenvalue weighted by Crippen LogP contribution is 2.20. The highest BCUT2D eigenvalue weighted by atomic mass is 32.1. The summed E-state index contributed by atoms with van der Waals surface area (Å²) in [5.41, 5.74) is 4.70. The molecule has 0 aliphatic rings. The molecular formula is C18H19N5O2S. The van der Waals surface area contributed by atoms with Crippen molar-refractivity contribution in [3.63, 3.8) is 0 Å². The lowest BCUT2D eigenvalue weighted by Crippen LogP contribution is -2.10. The second-order valence-corrected chi connectivity index (χ2v) is 5.79. The normalized spacial score (nSPS) is 11.8. The predicted molar refractivity (Wildman–Crippen MR) is 104 cm³/mol. The second kappa shape index (κ2) is 8.30. The number of benzene rings is 1. The molecule has 1 aromatic carbocycles. The molecule has 0 bridgehead atoms. The highest BCUT2D eigenvalue weighted by molar-refractivity contribution is 7.71. The summed E-state index contributed by atoms with van der Waals surface area (Å²) in [6.45, 7) is 4.50. The van der Waals surface area contributed by atoms with Crippen LogP contribution in [-0.4, -0.2) is 27.7 Å². The Balaban J connectivity index is 1.75. The van der Waals surface area contributed by atoms with E-state index in [1.165, 1.54) is 0 Å². The van der Waals surface area contributed by atoms with Crippen molar-refractivity contribution in [2.24, 2.45) is 5.10 Å². The Morgan fingerprint density at radius 2 is 2.19 bits per heavy atom. The zero-order valence-electron chi connectivity index (χ0n) is 14.5. The van der Waals surface area contributed by atoms with E-state index < -0.39 is 0 Å². The second-order valence-electron chi connectivity index (χ2n) is 5.41. The van der Waals surface area contributed by atoms with E-state index in [1.807, 2.05) is 56.3 Å². The van der Waals surface area contributed by atoms with Gasteiger partial charge in [-0.05, 0) is 74.1 Å². The van der Waals surface area contributed by atoms with E-state index >= 15 is 0 Å². The molecule has 2 aromatic heterocycles. The van der Waals surface area contributed by atoms with Gasteiger partial charge in [0.2, 0.25) is 4.77 Å². The number of aromatic amines is 1. The molecule has 0 aliphatic carbocycles. The average molecular weight is 369 g/mol. The van der Waals surface area contributed by atoms with Crippen LogP contribution in [0.4, 0.5) is 0 Å². The standard InChI is InChI=1S/C18H19N5O2S/c1-3-24-15-8-6-14(7-9-15)17-20-21-18(26)23(17)22-19-12-13(2)11-16-5-4-10-25-16/h4-12,22H,3H2,1-2H3,(H,21,26)/b13-11+,19-12-. The monoisotopic (exact) mass is 369 g/mol. The van der Waals surface area contributed by atoms with Crippen LogP contribution < -0.4 is 10.3 Å². The van der Waals surface area contributed by atoms with Crippen molar-refractivity contribution < 1.29 is 9.15 Å². The fraction of sp³-hybridized carbons (Fsp3) is 0.167. The summed E-state index contributed by atoms with van der Waals surface area (Å²) in [6, 6.07) is 11.3. The van der Waals surface area contributed by atoms with Gasteiger partial charge in [0, 0.05) is 5.56 Å². The fourth-order valence-electron chi connectivity index (χ4n) is 2.27. The lowest BCUT2D eigenvalue weighted by atomic mass is 10.2. The van der Waals surface area contributed by atoms with Gasteiger partial charge in [-0.3, -0.25) is 0 Å². The van der Waals surface area contributed by atoms with E-state index in [2.05, 4.69) is 20.8 Å². The first kappa shape index (κ1) is 17.7. The van der Waals surface area contributed by atoms with Crippen LogP contribution in [0.5, 0.6) is 5.75 Å². The molecule has 0 spiro atoms.